The smallest absolute Gasteiger partial charge is 0.314 e. The highest BCUT2D eigenvalue weighted by Gasteiger charge is 2.15. The lowest BCUT2D eigenvalue weighted by Crippen LogP contribution is -2.41. The van der Waals surface area contributed by atoms with Crippen molar-refractivity contribution in [1.29, 1.82) is 0 Å². The number of anilines is 1. The Bertz CT molecular complexity index is 959. The van der Waals surface area contributed by atoms with Crippen LogP contribution in [-0.2, 0) is 0 Å². The highest BCUT2D eigenvalue weighted by Crippen LogP contribution is 2.20. The second-order valence-corrected chi connectivity index (χ2v) is 7.21. The minimum absolute atomic E-state index is 0.0709. The van der Waals surface area contributed by atoms with Gasteiger partial charge in [0.05, 0.1) is 18.7 Å². The number of likely N-dealkylation sites (N-methyl/N-ethyl adjacent to an activating group) is 1. The van der Waals surface area contributed by atoms with Gasteiger partial charge in [0.1, 0.15) is 11.6 Å². The second kappa shape index (κ2) is 10.5. The third-order valence-electron chi connectivity index (χ3n) is 4.89. The Labute approximate surface area is 177 Å². The van der Waals surface area contributed by atoms with Crippen LogP contribution in [0.25, 0.3) is 10.9 Å². The molecule has 7 heteroatoms. The number of carbonyl (C=O) groups is 1. The number of urea groups is 1. The molecule has 3 aromatic rings. The number of ether oxygens (including phenoxy) is 1. The number of pyridine rings is 1. The van der Waals surface area contributed by atoms with Crippen LogP contribution in [0.1, 0.15) is 11.6 Å². The van der Waals surface area contributed by atoms with Gasteiger partial charge in [0, 0.05) is 25.0 Å². The lowest BCUT2D eigenvalue weighted by molar-refractivity contribution is 0.233. The van der Waals surface area contributed by atoms with E-state index in [4.69, 9.17) is 4.74 Å². The van der Waals surface area contributed by atoms with Gasteiger partial charge >= 0.3 is 6.03 Å². The van der Waals surface area contributed by atoms with E-state index in [1.165, 1.54) is 0 Å². The van der Waals surface area contributed by atoms with Crippen LogP contribution >= 0.6 is 0 Å². The summed E-state index contributed by atoms with van der Waals surface area (Å²) in [7, 11) is 5.64. The van der Waals surface area contributed by atoms with E-state index < -0.39 is 0 Å². The number of carbonyl (C=O) groups excluding carboxylic acids is 1. The summed E-state index contributed by atoms with van der Waals surface area (Å²) in [4.78, 5) is 18.8. The van der Waals surface area contributed by atoms with Gasteiger partial charge in [0.15, 0.2) is 0 Å². The molecule has 0 aliphatic carbocycles. The zero-order valence-electron chi connectivity index (χ0n) is 17.7. The summed E-state index contributed by atoms with van der Waals surface area (Å²) in [5, 5.41) is 10.2. The Morgan fingerprint density at radius 1 is 1.00 bits per heavy atom. The maximum absolute atomic E-state index is 12.2. The van der Waals surface area contributed by atoms with Gasteiger partial charge in [-0.25, -0.2) is 9.78 Å². The molecule has 0 spiro atoms. The maximum atomic E-state index is 12.2. The van der Waals surface area contributed by atoms with E-state index in [9.17, 15) is 4.79 Å². The molecular formula is C23H29N5O2. The molecule has 0 saturated carbocycles. The number of hydrogen-bond donors (Lipinski definition) is 3. The quantitative estimate of drug-likeness (QED) is 0.475. The van der Waals surface area contributed by atoms with E-state index in [0.717, 1.165) is 28.0 Å². The van der Waals surface area contributed by atoms with Gasteiger partial charge < -0.3 is 25.6 Å². The van der Waals surface area contributed by atoms with Crippen molar-refractivity contribution in [3.8, 4) is 5.75 Å². The summed E-state index contributed by atoms with van der Waals surface area (Å²) in [6.45, 7) is 1.59. The van der Waals surface area contributed by atoms with Gasteiger partial charge in [-0.1, -0.05) is 30.3 Å². The molecule has 0 fully saturated rings. The number of nitrogens with one attached hydrogen (secondary N) is 3. The van der Waals surface area contributed by atoms with Gasteiger partial charge in [-0.05, 0) is 50.0 Å². The van der Waals surface area contributed by atoms with Crippen LogP contribution in [0.3, 0.4) is 0 Å². The third-order valence-corrected chi connectivity index (χ3v) is 4.89. The summed E-state index contributed by atoms with van der Waals surface area (Å²) in [5.41, 5.74) is 2.06. The summed E-state index contributed by atoms with van der Waals surface area (Å²) < 4.78 is 5.21. The number of amides is 2. The van der Waals surface area contributed by atoms with Crippen LogP contribution in [0.2, 0.25) is 0 Å². The molecule has 3 N–H and O–H groups in total. The van der Waals surface area contributed by atoms with Crippen molar-refractivity contribution in [2.75, 3.05) is 46.2 Å². The molecule has 2 aromatic carbocycles. The second-order valence-electron chi connectivity index (χ2n) is 7.21. The first-order valence-corrected chi connectivity index (χ1v) is 9.98. The molecule has 3 rings (SSSR count). The van der Waals surface area contributed by atoms with Gasteiger partial charge in [-0.2, -0.15) is 0 Å². The Morgan fingerprint density at radius 3 is 2.50 bits per heavy atom. The van der Waals surface area contributed by atoms with Crippen LogP contribution in [-0.4, -0.2) is 56.8 Å². The summed E-state index contributed by atoms with van der Waals surface area (Å²) in [5.74, 6) is 1.61. The number of hydrogen-bond acceptors (Lipinski definition) is 5. The number of para-hydroxylation sites is 1. The molecule has 0 saturated heterocycles. The number of aromatic nitrogens is 1. The zero-order valence-corrected chi connectivity index (χ0v) is 17.7. The zero-order chi connectivity index (χ0) is 21.3. The molecule has 0 bridgehead atoms. The number of nitrogens with zero attached hydrogens (tertiary/aromatic N) is 2. The molecule has 0 aliphatic rings. The molecule has 1 atom stereocenters. The molecule has 1 heterocycles. The predicted molar refractivity (Wildman–Crippen MR) is 121 cm³/mol. The van der Waals surface area contributed by atoms with Crippen molar-refractivity contribution in [1.82, 2.24) is 20.5 Å². The normalized spacial score (nSPS) is 11.9. The van der Waals surface area contributed by atoms with Crippen molar-refractivity contribution in [3.05, 3.63) is 66.2 Å². The standard InChI is InChI=1S/C23H29N5O2/c1-28(2)21(18-8-11-19(30-3)12-9-18)16-26-23(29)25-15-14-24-22-13-10-17-6-4-5-7-20(17)27-22/h4-13,21H,14-16H2,1-3H3,(H,24,27)(H2,25,26,29). The summed E-state index contributed by atoms with van der Waals surface area (Å²) in [6.07, 6.45) is 0. The highest BCUT2D eigenvalue weighted by molar-refractivity contribution is 5.80. The first-order chi connectivity index (χ1) is 14.6. The minimum Gasteiger partial charge on any atom is -0.497 e. The molecule has 158 valence electrons. The maximum Gasteiger partial charge on any atom is 0.314 e. The largest absolute Gasteiger partial charge is 0.497 e. The van der Waals surface area contributed by atoms with Crippen molar-refractivity contribution in [2.24, 2.45) is 0 Å². The summed E-state index contributed by atoms with van der Waals surface area (Å²) in [6, 6.07) is 19.7. The first-order valence-electron chi connectivity index (χ1n) is 9.98. The van der Waals surface area contributed by atoms with Crippen LogP contribution in [0, 0.1) is 0 Å². The van der Waals surface area contributed by atoms with Gasteiger partial charge in [-0.15, -0.1) is 0 Å². The Kier molecular flexibility index (Phi) is 7.45. The van der Waals surface area contributed by atoms with Crippen molar-refractivity contribution in [3.63, 3.8) is 0 Å². The number of fused-ring (bicyclic) bond motifs is 1. The van der Waals surface area contributed by atoms with Gasteiger partial charge in [0.2, 0.25) is 0 Å². The monoisotopic (exact) mass is 407 g/mol. The van der Waals surface area contributed by atoms with Gasteiger partial charge in [-0.3, -0.25) is 0 Å². The molecule has 1 aromatic heterocycles. The van der Waals surface area contributed by atoms with E-state index >= 15 is 0 Å². The lowest BCUT2D eigenvalue weighted by Gasteiger charge is -2.25. The molecule has 2 amide bonds. The van der Waals surface area contributed by atoms with E-state index in [1.54, 1.807) is 7.11 Å². The van der Waals surface area contributed by atoms with E-state index in [0.29, 0.717) is 19.6 Å². The molecule has 7 nitrogen and oxygen atoms in total. The fourth-order valence-electron chi connectivity index (χ4n) is 3.21. The molecule has 0 radical (unpaired) electrons. The minimum atomic E-state index is -0.191. The average molecular weight is 408 g/mol. The van der Waals surface area contributed by atoms with Crippen LogP contribution in [0.5, 0.6) is 5.75 Å². The fraction of sp³-hybridized carbons (Fsp3) is 0.304. The third kappa shape index (κ3) is 5.84. The number of benzene rings is 2. The van der Waals surface area contributed by atoms with Crippen molar-refractivity contribution < 1.29 is 9.53 Å². The Balaban J connectivity index is 1.42. The van der Waals surface area contributed by atoms with E-state index in [1.807, 2.05) is 74.8 Å². The molecule has 30 heavy (non-hydrogen) atoms. The van der Waals surface area contributed by atoms with Crippen molar-refractivity contribution in [2.45, 2.75) is 6.04 Å². The van der Waals surface area contributed by atoms with Crippen LogP contribution in [0.4, 0.5) is 10.6 Å². The fourth-order valence-corrected chi connectivity index (χ4v) is 3.21. The topological polar surface area (TPSA) is 78.5 Å². The SMILES string of the molecule is COc1ccc(C(CNC(=O)NCCNc2ccc3ccccc3n2)N(C)C)cc1. The van der Waals surface area contributed by atoms with E-state index in [-0.39, 0.29) is 12.1 Å². The molecule has 1 unspecified atom stereocenters. The first kappa shape index (κ1) is 21.4. The number of rotatable bonds is 9. The Morgan fingerprint density at radius 2 is 1.77 bits per heavy atom. The lowest BCUT2D eigenvalue weighted by atomic mass is 10.1. The average Bonchev–Trinajstić information content (AvgIpc) is 2.77. The number of methoxy groups -OCH3 is 1. The summed E-state index contributed by atoms with van der Waals surface area (Å²) >= 11 is 0. The highest BCUT2D eigenvalue weighted by atomic mass is 16.5. The van der Waals surface area contributed by atoms with Crippen LogP contribution in [0.15, 0.2) is 60.7 Å². The Hall–Kier alpha value is -3.32. The van der Waals surface area contributed by atoms with E-state index in [2.05, 4.69) is 25.8 Å². The molecular weight excluding hydrogens is 378 g/mol. The predicted octanol–water partition coefficient (Wildman–Crippen LogP) is 3.26. The van der Waals surface area contributed by atoms with Crippen molar-refractivity contribution >= 4 is 22.8 Å². The van der Waals surface area contributed by atoms with Crippen LogP contribution < -0.4 is 20.7 Å². The molecule has 0 aliphatic heterocycles. The van der Waals surface area contributed by atoms with Gasteiger partial charge in [0.25, 0.3) is 0 Å².